The molecule has 96 valence electrons. The maximum Gasteiger partial charge on any atom is 0.422 e. The molecule has 1 N–H and O–H groups in total. The van der Waals surface area contributed by atoms with Crippen molar-refractivity contribution in [2.24, 2.45) is 0 Å². The summed E-state index contributed by atoms with van der Waals surface area (Å²) in [7, 11) is 0. The maximum atomic E-state index is 11.7. The van der Waals surface area contributed by atoms with Gasteiger partial charge in [-0.3, -0.25) is 0 Å². The molecule has 7 heteroatoms. The summed E-state index contributed by atoms with van der Waals surface area (Å²) in [6, 6.07) is 3.02. The lowest BCUT2D eigenvalue weighted by Gasteiger charge is -2.13. The van der Waals surface area contributed by atoms with E-state index in [1.807, 2.05) is 0 Å². The molecule has 4 nitrogen and oxygen atoms in total. The van der Waals surface area contributed by atoms with Gasteiger partial charge < -0.3 is 14.5 Å². The molecule has 0 aliphatic heterocycles. The van der Waals surface area contributed by atoms with Gasteiger partial charge in [0.2, 0.25) is 0 Å². The number of ether oxygens (including phenoxy) is 1. The van der Waals surface area contributed by atoms with Gasteiger partial charge in [-0.2, -0.15) is 13.2 Å². The van der Waals surface area contributed by atoms with Crippen LogP contribution in [0.5, 0.6) is 0 Å². The van der Waals surface area contributed by atoms with Crippen molar-refractivity contribution in [1.29, 1.82) is 0 Å². The quantitative estimate of drug-likeness (QED) is 0.894. The van der Waals surface area contributed by atoms with Crippen LogP contribution in [0.15, 0.2) is 22.8 Å². The van der Waals surface area contributed by atoms with Crippen molar-refractivity contribution in [3.05, 3.63) is 24.2 Å². The van der Waals surface area contributed by atoms with E-state index in [0.717, 1.165) is 0 Å². The summed E-state index contributed by atoms with van der Waals surface area (Å²) in [5.41, 5.74) is 0. The van der Waals surface area contributed by atoms with E-state index in [9.17, 15) is 18.0 Å². The van der Waals surface area contributed by atoms with Crippen molar-refractivity contribution in [1.82, 2.24) is 5.32 Å². The van der Waals surface area contributed by atoms with Gasteiger partial charge in [-0.25, -0.2) is 4.79 Å². The summed E-state index contributed by atoms with van der Waals surface area (Å²) >= 11 is 0. The Kier molecular flexibility index (Phi) is 4.42. The van der Waals surface area contributed by atoms with E-state index in [1.165, 1.54) is 6.26 Å². The van der Waals surface area contributed by atoms with Crippen molar-refractivity contribution in [2.45, 2.75) is 25.6 Å². The zero-order valence-corrected chi connectivity index (χ0v) is 9.08. The molecule has 0 saturated carbocycles. The molecule has 0 aliphatic carbocycles. The smallest absolute Gasteiger partial charge is 0.422 e. The lowest BCUT2D eigenvalue weighted by Crippen LogP contribution is -2.36. The predicted molar refractivity (Wildman–Crippen MR) is 52.4 cm³/mol. The Morgan fingerprint density at radius 3 is 2.82 bits per heavy atom. The Labute approximate surface area is 95.7 Å². The molecule has 17 heavy (non-hydrogen) atoms. The van der Waals surface area contributed by atoms with Crippen molar-refractivity contribution in [3.8, 4) is 0 Å². The van der Waals surface area contributed by atoms with Crippen molar-refractivity contribution in [2.75, 3.05) is 6.61 Å². The van der Waals surface area contributed by atoms with E-state index >= 15 is 0 Å². The second kappa shape index (κ2) is 5.60. The zero-order chi connectivity index (χ0) is 12.9. The zero-order valence-electron chi connectivity index (χ0n) is 9.08. The highest BCUT2D eigenvalue weighted by molar-refractivity contribution is 5.67. The second-order valence-electron chi connectivity index (χ2n) is 3.52. The number of alkyl carbamates (subject to hydrolysis) is 1. The molecule has 1 aromatic heterocycles. The number of nitrogens with one attached hydrogen (secondary N) is 1. The molecule has 0 radical (unpaired) electrons. The minimum atomic E-state index is -4.51. The maximum absolute atomic E-state index is 11.7. The largest absolute Gasteiger partial charge is 0.469 e. The summed E-state index contributed by atoms with van der Waals surface area (Å²) in [6.07, 6.45) is -3.75. The lowest BCUT2D eigenvalue weighted by molar-refractivity contribution is -0.160. The Morgan fingerprint density at radius 2 is 2.29 bits per heavy atom. The van der Waals surface area contributed by atoms with Gasteiger partial charge in [-0.15, -0.1) is 0 Å². The molecule has 0 bridgehead atoms. The third kappa shape index (κ3) is 5.84. The number of halogens is 3. The third-order valence-corrected chi connectivity index (χ3v) is 1.82. The first-order valence-corrected chi connectivity index (χ1v) is 4.89. The van der Waals surface area contributed by atoms with Crippen LogP contribution < -0.4 is 5.32 Å². The van der Waals surface area contributed by atoms with Gasteiger partial charge in [0, 0.05) is 12.5 Å². The standard InChI is InChI=1S/C10H12F3NO3/c1-7(5-8-3-2-4-16-8)14-9(15)17-6-10(11,12)13/h2-4,7H,5-6H2,1H3,(H,14,15)/t7-/m1/s1. The summed E-state index contributed by atoms with van der Waals surface area (Å²) in [6.45, 7) is 0.0453. The predicted octanol–water partition coefficient (Wildman–Crippen LogP) is 2.50. The molecule has 1 atom stereocenters. The molecule has 1 amide bonds. The third-order valence-electron chi connectivity index (χ3n) is 1.82. The Morgan fingerprint density at radius 1 is 1.59 bits per heavy atom. The van der Waals surface area contributed by atoms with Crippen molar-refractivity contribution in [3.63, 3.8) is 0 Å². The minimum absolute atomic E-state index is 0.373. The van der Waals surface area contributed by atoms with E-state index in [0.29, 0.717) is 12.2 Å². The molecule has 1 rings (SSSR count). The van der Waals surface area contributed by atoms with Crippen LogP contribution in [0.25, 0.3) is 0 Å². The Balaban J connectivity index is 2.26. The molecule has 1 heterocycles. The van der Waals surface area contributed by atoms with Gasteiger partial charge in [-0.05, 0) is 19.1 Å². The highest BCUT2D eigenvalue weighted by Gasteiger charge is 2.29. The molecule has 0 fully saturated rings. The van der Waals surface area contributed by atoms with Gasteiger partial charge in [0.05, 0.1) is 6.26 Å². The molecule has 0 saturated heterocycles. The van der Waals surface area contributed by atoms with E-state index < -0.39 is 18.9 Å². The first kappa shape index (κ1) is 13.4. The van der Waals surface area contributed by atoms with Crippen LogP contribution >= 0.6 is 0 Å². The van der Waals surface area contributed by atoms with Crippen LogP contribution in [0.3, 0.4) is 0 Å². The summed E-state index contributed by atoms with van der Waals surface area (Å²) in [5.74, 6) is 0.633. The highest BCUT2D eigenvalue weighted by Crippen LogP contribution is 2.14. The molecule has 0 aromatic carbocycles. The number of alkyl halides is 3. The summed E-state index contributed by atoms with van der Waals surface area (Å²) in [4.78, 5) is 11.0. The Bertz CT molecular complexity index is 348. The number of carbonyl (C=O) groups is 1. The highest BCUT2D eigenvalue weighted by atomic mass is 19.4. The minimum Gasteiger partial charge on any atom is -0.469 e. The monoisotopic (exact) mass is 251 g/mol. The van der Waals surface area contributed by atoms with Gasteiger partial charge in [0.15, 0.2) is 6.61 Å². The van der Waals surface area contributed by atoms with Crippen LogP contribution in [-0.4, -0.2) is 24.9 Å². The lowest BCUT2D eigenvalue weighted by atomic mass is 10.2. The van der Waals surface area contributed by atoms with Gasteiger partial charge in [-0.1, -0.05) is 0 Å². The summed E-state index contributed by atoms with van der Waals surface area (Å²) < 4.78 is 44.2. The fourth-order valence-corrected chi connectivity index (χ4v) is 1.17. The van der Waals surface area contributed by atoms with Crippen LogP contribution in [-0.2, 0) is 11.2 Å². The topological polar surface area (TPSA) is 51.5 Å². The van der Waals surface area contributed by atoms with E-state index in [-0.39, 0.29) is 6.04 Å². The number of rotatable bonds is 4. The number of hydrogen-bond donors (Lipinski definition) is 1. The first-order valence-electron chi connectivity index (χ1n) is 4.89. The molecule has 0 aliphatic rings. The van der Waals surface area contributed by atoms with Crippen molar-refractivity contribution < 1.29 is 27.1 Å². The average molecular weight is 251 g/mol. The van der Waals surface area contributed by atoms with E-state index in [4.69, 9.17) is 4.42 Å². The van der Waals surface area contributed by atoms with E-state index in [2.05, 4.69) is 10.1 Å². The molecular weight excluding hydrogens is 239 g/mol. The van der Waals surface area contributed by atoms with Gasteiger partial charge in [0.25, 0.3) is 0 Å². The molecule has 0 spiro atoms. The molecular formula is C10H12F3NO3. The fraction of sp³-hybridized carbons (Fsp3) is 0.500. The van der Waals surface area contributed by atoms with Gasteiger partial charge >= 0.3 is 12.3 Å². The van der Waals surface area contributed by atoms with E-state index in [1.54, 1.807) is 19.1 Å². The number of furan rings is 1. The normalized spacial score (nSPS) is 13.2. The van der Waals surface area contributed by atoms with Crippen LogP contribution in [0.2, 0.25) is 0 Å². The van der Waals surface area contributed by atoms with Gasteiger partial charge in [0.1, 0.15) is 5.76 Å². The van der Waals surface area contributed by atoms with Crippen LogP contribution in [0.4, 0.5) is 18.0 Å². The van der Waals surface area contributed by atoms with Crippen LogP contribution in [0, 0.1) is 0 Å². The first-order chi connectivity index (χ1) is 7.87. The second-order valence-corrected chi connectivity index (χ2v) is 3.52. The SMILES string of the molecule is C[C@H](Cc1ccco1)NC(=O)OCC(F)(F)F. The number of hydrogen-bond acceptors (Lipinski definition) is 3. The molecule has 0 unspecified atom stereocenters. The number of carbonyl (C=O) groups excluding carboxylic acids is 1. The summed E-state index contributed by atoms with van der Waals surface area (Å²) in [5, 5.41) is 2.27. The average Bonchev–Trinajstić information content (AvgIpc) is 2.66. The fourth-order valence-electron chi connectivity index (χ4n) is 1.17. The van der Waals surface area contributed by atoms with Crippen LogP contribution in [0.1, 0.15) is 12.7 Å². The Hall–Kier alpha value is -1.66. The molecule has 1 aromatic rings. The number of amides is 1. The van der Waals surface area contributed by atoms with Crippen molar-refractivity contribution >= 4 is 6.09 Å².